The van der Waals surface area contributed by atoms with Gasteiger partial charge in [0.1, 0.15) is 6.61 Å². The summed E-state index contributed by atoms with van der Waals surface area (Å²) in [6.07, 6.45) is 1.76. The topological polar surface area (TPSA) is 57.0 Å². The number of carbonyl (C=O) groups is 1. The van der Waals surface area contributed by atoms with Crippen LogP contribution in [-0.2, 0) is 11.3 Å². The minimum atomic E-state index is -0.492. The molecule has 1 heterocycles. The molecule has 6 heteroatoms. The van der Waals surface area contributed by atoms with Crippen molar-refractivity contribution in [2.45, 2.75) is 13.5 Å². The number of ether oxygens (including phenoxy) is 1. The molecule has 0 bridgehead atoms. The molecule has 25 heavy (non-hydrogen) atoms. The average molecular weight is 398 g/mol. The molecule has 0 fully saturated rings. The van der Waals surface area contributed by atoms with Crippen LogP contribution in [0.4, 0.5) is 0 Å². The van der Waals surface area contributed by atoms with Gasteiger partial charge in [0, 0.05) is 4.47 Å². The van der Waals surface area contributed by atoms with Crippen LogP contribution in [0, 0.1) is 6.92 Å². The number of esters is 1. The average Bonchev–Trinajstić information content (AvgIpc) is 3.02. The molecule has 0 aliphatic heterocycles. The third-order valence-electron chi connectivity index (χ3n) is 3.74. The second-order valence-electron chi connectivity index (χ2n) is 5.43. The Hall–Kier alpha value is -2.73. The fraction of sp³-hybridized carbons (Fsp3) is 0.105. The Labute approximate surface area is 154 Å². The lowest BCUT2D eigenvalue weighted by molar-refractivity contribution is 0.0464. The van der Waals surface area contributed by atoms with Crippen molar-refractivity contribution in [2.75, 3.05) is 0 Å². The van der Waals surface area contributed by atoms with Crippen LogP contribution >= 0.6 is 15.9 Å². The summed E-state index contributed by atoms with van der Waals surface area (Å²) < 4.78 is 7.93. The van der Waals surface area contributed by atoms with Gasteiger partial charge in [0.25, 0.3) is 0 Å². The Kier molecular flexibility index (Phi) is 5.09. The van der Waals surface area contributed by atoms with E-state index in [1.54, 1.807) is 17.7 Å². The number of carbonyl (C=O) groups excluding carboxylic acids is 1. The molecule has 5 nitrogen and oxygen atoms in total. The molecule has 0 radical (unpaired) electrons. The first-order valence-electron chi connectivity index (χ1n) is 7.65. The SMILES string of the molecule is C=Cc1ccc(COC(=O)c2nnn(-c3ccc(Br)cc3)c2C)cc1. The van der Waals surface area contributed by atoms with E-state index in [1.165, 1.54) is 0 Å². The molecule has 3 rings (SSSR count). The Bertz CT molecular complexity index is 899. The number of hydrogen-bond acceptors (Lipinski definition) is 4. The highest BCUT2D eigenvalue weighted by atomic mass is 79.9. The molecule has 0 saturated heterocycles. The lowest BCUT2D eigenvalue weighted by Crippen LogP contribution is -2.08. The molecule has 0 amide bonds. The van der Waals surface area contributed by atoms with Gasteiger partial charge in [-0.15, -0.1) is 5.10 Å². The first-order valence-corrected chi connectivity index (χ1v) is 8.44. The predicted molar refractivity (Wildman–Crippen MR) is 99.4 cm³/mol. The van der Waals surface area contributed by atoms with E-state index in [9.17, 15) is 4.79 Å². The number of nitrogens with zero attached hydrogens (tertiary/aromatic N) is 3. The minimum Gasteiger partial charge on any atom is -0.456 e. The highest BCUT2D eigenvalue weighted by molar-refractivity contribution is 9.10. The van der Waals surface area contributed by atoms with E-state index in [4.69, 9.17) is 4.74 Å². The van der Waals surface area contributed by atoms with Gasteiger partial charge in [0.15, 0.2) is 5.69 Å². The Morgan fingerprint density at radius 3 is 2.52 bits per heavy atom. The van der Waals surface area contributed by atoms with Gasteiger partial charge < -0.3 is 4.74 Å². The minimum absolute atomic E-state index is 0.181. The van der Waals surface area contributed by atoms with Crippen molar-refractivity contribution < 1.29 is 9.53 Å². The fourth-order valence-electron chi connectivity index (χ4n) is 2.31. The summed E-state index contributed by atoms with van der Waals surface area (Å²) >= 11 is 3.39. The second kappa shape index (κ2) is 7.44. The maximum atomic E-state index is 12.3. The molecule has 0 aliphatic carbocycles. The summed E-state index contributed by atoms with van der Waals surface area (Å²) in [5.41, 5.74) is 3.59. The van der Waals surface area contributed by atoms with Crippen molar-refractivity contribution in [1.82, 2.24) is 15.0 Å². The predicted octanol–water partition coefficient (Wildman–Crippen LogP) is 4.34. The van der Waals surface area contributed by atoms with Crippen molar-refractivity contribution in [2.24, 2.45) is 0 Å². The summed E-state index contributed by atoms with van der Waals surface area (Å²) in [4.78, 5) is 12.3. The van der Waals surface area contributed by atoms with Crippen LogP contribution in [0.25, 0.3) is 11.8 Å². The molecule has 0 atom stereocenters. The largest absolute Gasteiger partial charge is 0.456 e. The van der Waals surface area contributed by atoms with E-state index in [0.29, 0.717) is 5.69 Å². The normalized spacial score (nSPS) is 10.5. The zero-order valence-corrected chi connectivity index (χ0v) is 15.2. The molecule has 2 aromatic carbocycles. The van der Waals surface area contributed by atoms with Gasteiger partial charge in [0.05, 0.1) is 11.4 Å². The Morgan fingerprint density at radius 2 is 1.88 bits per heavy atom. The van der Waals surface area contributed by atoms with Crippen LogP contribution in [0.5, 0.6) is 0 Å². The zero-order chi connectivity index (χ0) is 17.8. The summed E-state index contributed by atoms with van der Waals surface area (Å²) in [6.45, 7) is 5.68. The van der Waals surface area contributed by atoms with Gasteiger partial charge in [-0.1, -0.05) is 58.1 Å². The van der Waals surface area contributed by atoms with Crippen LogP contribution < -0.4 is 0 Å². The highest BCUT2D eigenvalue weighted by Crippen LogP contribution is 2.17. The van der Waals surface area contributed by atoms with Crippen LogP contribution in [-0.4, -0.2) is 21.0 Å². The van der Waals surface area contributed by atoms with E-state index in [-0.39, 0.29) is 12.3 Å². The smallest absolute Gasteiger partial charge is 0.361 e. The van der Waals surface area contributed by atoms with Gasteiger partial charge >= 0.3 is 5.97 Å². The summed E-state index contributed by atoms with van der Waals surface area (Å²) in [5, 5.41) is 8.02. The van der Waals surface area contributed by atoms with Crippen molar-refractivity contribution >= 4 is 28.0 Å². The Morgan fingerprint density at radius 1 is 1.20 bits per heavy atom. The van der Waals surface area contributed by atoms with E-state index in [2.05, 4.69) is 32.8 Å². The second-order valence-corrected chi connectivity index (χ2v) is 6.35. The quantitative estimate of drug-likeness (QED) is 0.600. The van der Waals surface area contributed by atoms with Crippen LogP contribution in [0.2, 0.25) is 0 Å². The lowest BCUT2D eigenvalue weighted by Gasteiger charge is -2.05. The first kappa shape index (κ1) is 17.1. The Balaban J connectivity index is 1.72. The number of hydrogen-bond donors (Lipinski definition) is 0. The zero-order valence-electron chi connectivity index (χ0n) is 13.6. The molecular weight excluding hydrogens is 382 g/mol. The molecule has 126 valence electrons. The number of aromatic nitrogens is 3. The monoisotopic (exact) mass is 397 g/mol. The van der Waals surface area contributed by atoms with Crippen molar-refractivity contribution in [3.63, 3.8) is 0 Å². The molecule has 0 N–H and O–H groups in total. The van der Waals surface area contributed by atoms with E-state index in [1.807, 2.05) is 48.5 Å². The van der Waals surface area contributed by atoms with E-state index >= 15 is 0 Å². The maximum Gasteiger partial charge on any atom is 0.361 e. The van der Waals surface area contributed by atoms with Crippen LogP contribution in [0.15, 0.2) is 59.6 Å². The van der Waals surface area contributed by atoms with Crippen LogP contribution in [0.1, 0.15) is 27.3 Å². The van der Waals surface area contributed by atoms with Gasteiger partial charge in [-0.25, -0.2) is 9.48 Å². The number of rotatable bonds is 5. The molecule has 3 aromatic rings. The first-order chi connectivity index (χ1) is 12.1. The lowest BCUT2D eigenvalue weighted by atomic mass is 10.1. The maximum absolute atomic E-state index is 12.3. The standard InChI is InChI=1S/C19H16BrN3O2/c1-3-14-4-6-15(7-5-14)12-25-19(24)18-13(2)23(22-21-18)17-10-8-16(20)9-11-17/h3-11H,1,12H2,2H3. The molecule has 0 saturated carbocycles. The molecule has 0 aliphatic rings. The molecule has 0 unspecified atom stereocenters. The van der Waals surface area contributed by atoms with Gasteiger partial charge in [-0.3, -0.25) is 0 Å². The third-order valence-corrected chi connectivity index (χ3v) is 4.27. The van der Waals surface area contributed by atoms with Gasteiger partial charge in [0.2, 0.25) is 0 Å². The molecular formula is C19H16BrN3O2. The van der Waals surface area contributed by atoms with E-state index in [0.717, 1.165) is 21.3 Å². The van der Waals surface area contributed by atoms with Gasteiger partial charge in [-0.05, 0) is 42.3 Å². The fourth-order valence-corrected chi connectivity index (χ4v) is 2.58. The van der Waals surface area contributed by atoms with Crippen molar-refractivity contribution in [3.05, 3.63) is 82.1 Å². The van der Waals surface area contributed by atoms with E-state index < -0.39 is 5.97 Å². The molecule has 1 aromatic heterocycles. The molecule has 0 spiro atoms. The number of benzene rings is 2. The van der Waals surface area contributed by atoms with Crippen LogP contribution in [0.3, 0.4) is 0 Å². The van der Waals surface area contributed by atoms with Crippen molar-refractivity contribution in [1.29, 1.82) is 0 Å². The third kappa shape index (κ3) is 3.85. The summed E-state index contributed by atoms with van der Waals surface area (Å²) in [6, 6.07) is 15.2. The summed E-state index contributed by atoms with van der Waals surface area (Å²) in [5.74, 6) is -0.492. The number of halogens is 1. The highest BCUT2D eigenvalue weighted by Gasteiger charge is 2.18. The van der Waals surface area contributed by atoms with Gasteiger partial charge in [-0.2, -0.15) is 0 Å². The van der Waals surface area contributed by atoms with Crippen molar-refractivity contribution in [3.8, 4) is 5.69 Å². The summed E-state index contributed by atoms with van der Waals surface area (Å²) in [7, 11) is 0.